The summed E-state index contributed by atoms with van der Waals surface area (Å²) in [6, 6.07) is 10.3. The molecule has 4 aromatic rings. The molecule has 158 valence electrons. The van der Waals surface area contributed by atoms with E-state index in [0.29, 0.717) is 11.3 Å². The molecule has 7 nitrogen and oxygen atoms in total. The maximum atomic E-state index is 13.5. The van der Waals surface area contributed by atoms with Crippen molar-refractivity contribution in [3.05, 3.63) is 65.7 Å². The second-order valence-corrected chi connectivity index (χ2v) is 8.76. The normalized spacial score (nSPS) is 18.4. The predicted molar refractivity (Wildman–Crippen MR) is 118 cm³/mol. The summed E-state index contributed by atoms with van der Waals surface area (Å²) in [4.78, 5) is 19.2. The Hall–Kier alpha value is -3.33. The molecule has 1 aliphatic carbocycles. The van der Waals surface area contributed by atoms with Gasteiger partial charge in [0.2, 0.25) is 0 Å². The monoisotopic (exact) mass is 436 g/mol. The molecular formula is C22H21FN6OS. The minimum atomic E-state index is -0.269. The van der Waals surface area contributed by atoms with Crippen molar-refractivity contribution in [3.8, 4) is 5.69 Å². The van der Waals surface area contributed by atoms with Gasteiger partial charge in [-0.3, -0.25) is 4.79 Å². The summed E-state index contributed by atoms with van der Waals surface area (Å²) < 4.78 is 14.3. The predicted octanol–water partition coefficient (Wildman–Crippen LogP) is 4.09. The molecule has 2 aromatic carbocycles. The molecule has 2 aromatic heterocycles. The van der Waals surface area contributed by atoms with Crippen LogP contribution < -0.4 is 10.6 Å². The Morgan fingerprint density at radius 1 is 1.13 bits per heavy atom. The van der Waals surface area contributed by atoms with E-state index in [9.17, 15) is 9.18 Å². The van der Waals surface area contributed by atoms with Crippen LogP contribution >= 0.6 is 11.3 Å². The molecule has 0 aliphatic heterocycles. The zero-order valence-electron chi connectivity index (χ0n) is 16.9. The lowest BCUT2D eigenvalue weighted by atomic mass is 10.1. The Bertz CT molecular complexity index is 1240. The van der Waals surface area contributed by atoms with Gasteiger partial charge in [0.05, 0.1) is 33.9 Å². The first-order chi connectivity index (χ1) is 15.1. The van der Waals surface area contributed by atoms with Crippen molar-refractivity contribution in [1.29, 1.82) is 0 Å². The summed E-state index contributed by atoms with van der Waals surface area (Å²) >= 11 is 1.42. The number of thiazole rings is 1. The molecule has 1 saturated carbocycles. The third kappa shape index (κ3) is 4.00. The molecule has 2 heterocycles. The number of rotatable bonds is 5. The van der Waals surface area contributed by atoms with Crippen LogP contribution in [0.3, 0.4) is 0 Å². The number of anilines is 1. The number of hydrogen-bond donors (Lipinski definition) is 2. The maximum absolute atomic E-state index is 13.5. The number of aromatic nitrogens is 4. The van der Waals surface area contributed by atoms with Crippen molar-refractivity contribution in [3.63, 3.8) is 0 Å². The minimum Gasteiger partial charge on any atom is -0.357 e. The lowest BCUT2D eigenvalue weighted by Gasteiger charge is -2.22. The van der Waals surface area contributed by atoms with Gasteiger partial charge in [0, 0.05) is 12.1 Å². The standard InChI is InChI=1S/C22H21FN6OS/c1-13-5-8-19(29-24-9-10-25-29)15(11-13)21(30)26-16-3-2-4-17(16)27-22-28-18-7-6-14(23)12-20(18)31-22/h5-12,16-17H,2-4H2,1H3,(H,26,30)(H,27,28)/t16-,17+/m0/s1. The Balaban J connectivity index is 1.34. The number of carbonyl (C=O) groups excluding carboxylic acids is 1. The number of fused-ring (bicyclic) bond motifs is 1. The second kappa shape index (κ2) is 8.07. The van der Waals surface area contributed by atoms with Crippen LogP contribution in [0.5, 0.6) is 0 Å². The van der Waals surface area contributed by atoms with Crippen LogP contribution in [-0.2, 0) is 0 Å². The van der Waals surface area contributed by atoms with Gasteiger partial charge < -0.3 is 10.6 Å². The van der Waals surface area contributed by atoms with E-state index in [1.54, 1.807) is 18.5 Å². The van der Waals surface area contributed by atoms with Crippen molar-refractivity contribution < 1.29 is 9.18 Å². The number of hydrogen-bond acceptors (Lipinski definition) is 6. The average molecular weight is 437 g/mol. The molecule has 0 radical (unpaired) electrons. The van der Waals surface area contributed by atoms with Gasteiger partial charge in [0.15, 0.2) is 5.13 Å². The largest absolute Gasteiger partial charge is 0.357 e. The van der Waals surface area contributed by atoms with Crippen LogP contribution in [0.25, 0.3) is 15.9 Å². The highest BCUT2D eigenvalue weighted by atomic mass is 32.1. The number of nitrogens with zero attached hydrogens (tertiary/aromatic N) is 4. The second-order valence-electron chi connectivity index (χ2n) is 7.73. The third-order valence-electron chi connectivity index (χ3n) is 5.52. The van der Waals surface area contributed by atoms with E-state index >= 15 is 0 Å². The average Bonchev–Trinajstić information content (AvgIpc) is 3.49. The van der Waals surface area contributed by atoms with Crippen molar-refractivity contribution in [2.45, 2.75) is 38.3 Å². The first kappa shape index (κ1) is 19.6. The van der Waals surface area contributed by atoms with E-state index in [4.69, 9.17) is 0 Å². The Labute approximate surface area is 182 Å². The number of nitrogens with one attached hydrogen (secondary N) is 2. The fraction of sp³-hybridized carbons (Fsp3) is 0.273. The third-order valence-corrected chi connectivity index (χ3v) is 6.47. The number of amides is 1. The van der Waals surface area contributed by atoms with Gasteiger partial charge in [-0.15, -0.1) is 0 Å². The van der Waals surface area contributed by atoms with Gasteiger partial charge in [0.25, 0.3) is 5.91 Å². The number of benzene rings is 2. The van der Waals surface area contributed by atoms with E-state index in [1.807, 2.05) is 25.1 Å². The fourth-order valence-electron chi connectivity index (χ4n) is 4.02. The van der Waals surface area contributed by atoms with E-state index in [2.05, 4.69) is 25.8 Å². The van der Waals surface area contributed by atoms with Crippen LogP contribution in [0.2, 0.25) is 0 Å². The lowest BCUT2D eigenvalue weighted by molar-refractivity contribution is 0.0935. The number of carbonyl (C=O) groups is 1. The van der Waals surface area contributed by atoms with Gasteiger partial charge in [-0.1, -0.05) is 23.0 Å². The van der Waals surface area contributed by atoms with Gasteiger partial charge in [0.1, 0.15) is 5.82 Å². The van der Waals surface area contributed by atoms with E-state index < -0.39 is 0 Å². The van der Waals surface area contributed by atoms with Crippen molar-refractivity contribution in [2.24, 2.45) is 0 Å². The van der Waals surface area contributed by atoms with Crippen LogP contribution in [0.1, 0.15) is 35.2 Å². The minimum absolute atomic E-state index is 0.0322. The maximum Gasteiger partial charge on any atom is 0.253 e. The molecule has 2 atom stereocenters. The highest BCUT2D eigenvalue weighted by Gasteiger charge is 2.30. The van der Waals surface area contributed by atoms with E-state index in [-0.39, 0.29) is 23.8 Å². The molecule has 0 saturated heterocycles. The van der Waals surface area contributed by atoms with Crippen molar-refractivity contribution in [1.82, 2.24) is 25.3 Å². The molecule has 0 bridgehead atoms. The molecule has 0 unspecified atom stereocenters. The molecule has 0 spiro atoms. The summed E-state index contributed by atoms with van der Waals surface area (Å²) in [6.45, 7) is 1.95. The molecule has 1 aliphatic rings. The molecule has 1 amide bonds. The summed E-state index contributed by atoms with van der Waals surface area (Å²) in [5.74, 6) is -0.421. The van der Waals surface area contributed by atoms with Gasteiger partial charge in [-0.05, 0) is 56.5 Å². The smallest absolute Gasteiger partial charge is 0.253 e. The first-order valence-electron chi connectivity index (χ1n) is 10.2. The molecule has 31 heavy (non-hydrogen) atoms. The molecule has 1 fully saturated rings. The highest BCUT2D eigenvalue weighted by Crippen LogP contribution is 2.30. The summed E-state index contributed by atoms with van der Waals surface area (Å²) in [6.07, 6.45) is 5.98. The number of aryl methyl sites for hydroxylation is 1. The summed E-state index contributed by atoms with van der Waals surface area (Å²) in [5.41, 5.74) is 2.94. The van der Waals surface area contributed by atoms with Crippen LogP contribution in [0, 0.1) is 12.7 Å². The van der Waals surface area contributed by atoms with Gasteiger partial charge >= 0.3 is 0 Å². The molecular weight excluding hydrogens is 415 g/mol. The Morgan fingerprint density at radius 3 is 2.77 bits per heavy atom. The van der Waals surface area contributed by atoms with Crippen LogP contribution in [0.15, 0.2) is 48.8 Å². The highest BCUT2D eigenvalue weighted by molar-refractivity contribution is 7.22. The molecule has 5 rings (SSSR count). The summed E-state index contributed by atoms with van der Waals surface area (Å²) in [5, 5.41) is 15.7. The lowest BCUT2D eigenvalue weighted by Crippen LogP contribution is -2.43. The van der Waals surface area contributed by atoms with Gasteiger partial charge in [-0.25, -0.2) is 9.37 Å². The quantitative estimate of drug-likeness (QED) is 0.492. The van der Waals surface area contributed by atoms with E-state index in [0.717, 1.165) is 40.2 Å². The topological polar surface area (TPSA) is 84.7 Å². The first-order valence-corrected chi connectivity index (χ1v) is 11.0. The molecule has 2 N–H and O–H groups in total. The zero-order valence-corrected chi connectivity index (χ0v) is 17.7. The zero-order chi connectivity index (χ0) is 21.4. The van der Waals surface area contributed by atoms with Crippen molar-refractivity contribution in [2.75, 3.05) is 5.32 Å². The van der Waals surface area contributed by atoms with Crippen molar-refractivity contribution >= 4 is 32.6 Å². The van der Waals surface area contributed by atoms with Gasteiger partial charge in [-0.2, -0.15) is 15.0 Å². The number of halogens is 1. The van der Waals surface area contributed by atoms with Crippen LogP contribution in [-0.4, -0.2) is 38.0 Å². The Kier molecular flexibility index (Phi) is 5.11. The fourth-order valence-corrected chi connectivity index (χ4v) is 4.97. The van der Waals surface area contributed by atoms with E-state index in [1.165, 1.54) is 28.3 Å². The Morgan fingerprint density at radius 2 is 1.94 bits per heavy atom. The SMILES string of the molecule is Cc1ccc(-n2nccn2)c(C(=O)N[C@H]2CCC[C@H]2Nc2nc3ccc(F)cc3s2)c1. The van der Waals surface area contributed by atoms with Crippen LogP contribution in [0.4, 0.5) is 9.52 Å². The molecule has 9 heteroatoms. The summed E-state index contributed by atoms with van der Waals surface area (Å²) in [7, 11) is 0.